The fourth-order valence-corrected chi connectivity index (χ4v) is 1.71. The number of nitro groups is 1. The average Bonchev–Trinajstić information content (AvgIpc) is 2.39. The molecule has 0 aromatic heterocycles. The molecule has 0 bridgehead atoms. The van der Waals surface area contributed by atoms with Crippen LogP contribution < -0.4 is 0 Å². The van der Waals surface area contributed by atoms with Crippen molar-refractivity contribution in [2.45, 2.75) is 13.3 Å². The van der Waals surface area contributed by atoms with Crippen LogP contribution in [0.1, 0.15) is 23.7 Å². The number of rotatable bonds is 6. The third-order valence-electron chi connectivity index (χ3n) is 2.59. The molecule has 0 saturated carbocycles. The molecule has 0 aliphatic heterocycles. The Hall–Kier alpha value is -2.31. The lowest BCUT2D eigenvalue weighted by Gasteiger charge is -2.20. The molecule has 1 amide bonds. The van der Waals surface area contributed by atoms with Crippen LogP contribution >= 0.6 is 0 Å². The molecule has 0 heterocycles. The van der Waals surface area contributed by atoms with Gasteiger partial charge in [-0.25, -0.2) is 4.39 Å². The third kappa shape index (κ3) is 3.37. The van der Waals surface area contributed by atoms with Gasteiger partial charge in [0.05, 0.1) is 16.6 Å². The minimum atomic E-state index is -1.24. The van der Waals surface area contributed by atoms with Gasteiger partial charge in [-0.15, -0.1) is 6.58 Å². The van der Waals surface area contributed by atoms with E-state index < -0.39 is 33.7 Å². The largest absolute Gasteiger partial charge is 0.335 e. The molecule has 108 valence electrons. The monoisotopic (exact) mass is 284 g/mol. The molecule has 0 fully saturated rings. The zero-order valence-electron chi connectivity index (χ0n) is 10.9. The minimum absolute atomic E-state index is 0.185. The fourth-order valence-electron chi connectivity index (χ4n) is 1.71. The van der Waals surface area contributed by atoms with Crippen LogP contribution in [-0.2, 0) is 0 Å². The molecule has 7 heteroatoms. The second-order valence-corrected chi connectivity index (χ2v) is 4.08. The van der Waals surface area contributed by atoms with Crippen molar-refractivity contribution in [3.8, 4) is 0 Å². The van der Waals surface area contributed by atoms with Crippen LogP contribution in [-0.4, -0.2) is 28.8 Å². The predicted octanol–water partition coefficient (Wildman–Crippen LogP) is 2.91. The van der Waals surface area contributed by atoms with E-state index in [1.54, 1.807) is 0 Å². The smallest absolute Gasteiger partial charge is 0.307 e. The first kappa shape index (κ1) is 15.7. The molecule has 0 atom stereocenters. The van der Waals surface area contributed by atoms with Crippen molar-refractivity contribution in [1.29, 1.82) is 0 Å². The van der Waals surface area contributed by atoms with Crippen molar-refractivity contribution >= 4 is 11.6 Å². The Bertz CT molecular complexity index is 547. The maximum Gasteiger partial charge on any atom is 0.307 e. The lowest BCUT2D eigenvalue weighted by Crippen LogP contribution is -2.32. The number of hydrogen-bond acceptors (Lipinski definition) is 3. The summed E-state index contributed by atoms with van der Waals surface area (Å²) in [4.78, 5) is 22.8. The molecule has 0 N–H and O–H groups in total. The number of hydrogen-bond donors (Lipinski definition) is 0. The predicted molar refractivity (Wildman–Crippen MR) is 69.4 cm³/mol. The highest BCUT2D eigenvalue weighted by molar-refractivity contribution is 5.94. The zero-order chi connectivity index (χ0) is 15.3. The van der Waals surface area contributed by atoms with Crippen molar-refractivity contribution in [2.75, 3.05) is 13.1 Å². The summed E-state index contributed by atoms with van der Waals surface area (Å²) in [5.74, 6) is -3.08. The van der Waals surface area contributed by atoms with Crippen molar-refractivity contribution < 1.29 is 18.5 Å². The molecule has 0 saturated heterocycles. The maximum absolute atomic E-state index is 13.7. The summed E-state index contributed by atoms with van der Waals surface area (Å²) in [6, 6.07) is 0.974. The quantitative estimate of drug-likeness (QED) is 0.458. The van der Waals surface area contributed by atoms with Gasteiger partial charge in [-0.05, 0) is 12.5 Å². The first-order valence-corrected chi connectivity index (χ1v) is 5.96. The van der Waals surface area contributed by atoms with Crippen molar-refractivity contribution in [2.24, 2.45) is 0 Å². The van der Waals surface area contributed by atoms with Crippen LogP contribution in [0.15, 0.2) is 24.8 Å². The van der Waals surface area contributed by atoms with Gasteiger partial charge in [-0.1, -0.05) is 13.0 Å². The molecule has 1 aromatic rings. The van der Waals surface area contributed by atoms with Gasteiger partial charge in [0.1, 0.15) is 5.82 Å². The summed E-state index contributed by atoms with van der Waals surface area (Å²) in [5, 5.41) is 10.5. The van der Waals surface area contributed by atoms with E-state index in [1.807, 2.05) is 6.92 Å². The molecule has 1 rings (SSSR count). The van der Waals surface area contributed by atoms with Crippen LogP contribution in [0.25, 0.3) is 0 Å². The highest BCUT2D eigenvalue weighted by Gasteiger charge is 2.24. The SMILES string of the molecule is C=CCN(CCC)C(=O)c1cc(F)c([N+](=O)[O-])cc1F. The first-order chi connectivity index (χ1) is 9.42. The standard InChI is InChI=1S/C13H14F2N2O3/c1-3-5-16(6-4-2)13(18)9-7-11(15)12(17(19)20)8-10(9)14/h3,7-8H,1,4-6H2,2H3. The number of nitro benzene ring substituents is 1. The Labute approximate surface area is 114 Å². The van der Waals surface area contributed by atoms with Gasteiger partial charge in [-0.2, -0.15) is 4.39 Å². The van der Waals surface area contributed by atoms with Gasteiger partial charge in [0.15, 0.2) is 0 Å². The topological polar surface area (TPSA) is 63.5 Å². The van der Waals surface area contributed by atoms with E-state index in [0.717, 1.165) is 0 Å². The average molecular weight is 284 g/mol. The van der Waals surface area contributed by atoms with Gasteiger partial charge < -0.3 is 4.90 Å². The van der Waals surface area contributed by atoms with Gasteiger partial charge in [0.25, 0.3) is 5.91 Å². The molecular formula is C13H14F2N2O3. The second kappa shape index (κ2) is 6.74. The van der Waals surface area contributed by atoms with Crippen molar-refractivity contribution in [3.63, 3.8) is 0 Å². The number of benzene rings is 1. The van der Waals surface area contributed by atoms with Crippen LogP contribution in [0.3, 0.4) is 0 Å². The number of amides is 1. The molecule has 0 aliphatic carbocycles. The van der Waals surface area contributed by atoms with E-state index in [4.69, 9.17) is 0 Å². The van der Waals surface area contributed by atoms with Crippen LogP contribution in [0, 0.1) is 21.7 Å². The van der Waals surface area contributed by atoms with E-state index in [2.05, 4.69) is 6.58 Å². The molecule has 0 unspecified atom stereocenters. The molecule has 20 heavy (non-hydrogen) atoms. The molecule has 1 aromatic carbocycles. The molecule has 0 aliphatic rings. The highest BCUT2D eigenvalue weighted by Crippen LogP contribution is 2.22. The maximum atomic E-state index is 13.7. The Balaban J connectivity index is 3.18. The Morgan fingerprint density at radius 3 is 2.60 bits per heavy atom. The summed E-state index contributed by atoms with van der Waals surface area (Å²) in [6.45, 7) is 5.85. The summed E-state index contributed by atoms with van der Waals surface area (Å²) in [5.41, 5.74) is -1.52. The fraction of sp³-hybridized carbons (Fsp3) is 0.308. The highest BCUT2D eigenvalue weighted by atomic mass is 19.1. The Morgan fingerprint density at radius 2 is 2.10 bits per heavy atom. The van der Waals surface area contributed by atoms with E-state index in [-0.39, 0.29) is 6.54 Å². The summed E-state index contributed by atoms with van der Waals surface area (Å²) in [6.07, 6.45) is 2.10. The van der Waals surface area contributed by atoms with Crippen LogP contribution in [0.2, 0.25) is 0 Å². The molecular weight excluding hydrogens is 270 g/mol. The van der Waals surface area contributed by atoms with Crippen LogP contribution in [0.5, 0.6) is 0 Å². The summed E-state index contributed by atoms with van der Waals surface area (Å²) >= 11 is 0. The second-order valence-electron chi connectivity index (χ2n) is 4.08. The van der Waals surface area contributed by atoms with Gasteiger partial charge in [0.2, 0.25) is 5.82 Å². The van der Waals surface area contributed by atoms with Crippen molar-refractivity contribution in [1.82, 2.24) is 4.90 Å². The summed E-state index contributed by atoms with van der Waals surface area (Å²) < 4.78 is 27.2. The Morgan fingerprint density at radius 1 is 1.45 bits per heavy atom. The minimum Gasteiger partial charge on any atom is -0.335 e. The van der Waals surface area contributed by atoms with Gasteiger partial charge in [-0.3, -0.25) is 14.9 Å². The van der Waals surface area contributed by atoms with E-state index >= 15 is 0 Å². The summed E-state index contributed by atoms with van der Waals surface area (Å²) in [7, 11) is 0. The molecule has 0 spiro atoms. The number of carbonyl (C=O) groups is 1. The van der Waals surface area contributed by atoms with E-state index in [1.165, 1.54) is 11.0 Å². The number of nitrogens with zero attached hydrogens (tertiary/aromatic N) is 2. The number of halogens is 2. The Kier molecular flexibility index (Phi) is 5.31. The lowest BCUT2D eigenvalue weighted by atomic mass is 10.1. The van der Waals surface area contributed by atoms with Gasteiger partial charge >= 0.3 is 5.69 Å². The van der Waals surface area contributed by atoms with Crippen LogP contribution in [0.4, 0.5) is 14.5 Å². The zero-order valence-corrected chi connectivity index (χ0v) is 10.9. The molecule has 0 radical (unpaired) electrons. The van der Waals surface area contributed by atoms with Gasteiger partial charge in [0, 0.05) is 13.1 Å². The van der Waals surface area contributed by atoms with Crippen molar-refractivity contribution in [3.05, 3.63) is 52.1 Å². The molecule has 5 nitrogen and oxygen atoms in total. The third-order valence-corrected chi connectivity index (χ3v) is 2.59. The normalized spacial score (nSPS) is 10.2. The van der Waals surface area contributed by atoms with E-state index in [9.17, 15) is 23.7 Å². The number of carbonyl (C=O) groups excluding carboxylic acids is 1. The lowest BCUT2D eigenvalue weighted by molar-refractivity contribution is -0.387. The first-order valence-electron chi connectivity index (χ1n) is 5.96. The van der Waals surface area contributed by atoms with E-state index in [0.29, 0.717) is 25.1 Å².